The molecule has 1 aliphatic rings. The molecule has 1 aliphatic heterocycles. The van der Waals surface area contributed by atoms with Gasteiger partial charge in [-0.2, -0.15) is 0 Å². The molecule has 1 heterocycles. The highest BCUT2D eigenvalue weighted by atomic mass is 16.6. The molecule has 0 saturated carbocycles. The Morgan fingerprint density at radius 1 is 1.07 bits per heavy atom. The highest BCUT2D eigenvalue weighted by molar-refractivity contribution is 5.78. The largest absolute Gasteiger partial charge is 0.458 e. The average Bonchev–Trinajstić information content (AvgIpc) is 2.64. The maximum absolute atomic E-state index is 12.9. The van der Waals surface area contributed by atoms with Gasteiger partial charge in [-0.3, -0.25) is 9.69 Å². The number of benzene rings is 1. The summed E-state index contributed by atoms with van der Waals surface area (Å²) in [4.78, 5) is 17.6. The summed E-state index contributed by atoms with van der Waals surface area (Å²) in [5.74, 6) is 0.111. The van der Waals surface area contributed by atoms with Gasteiger partial charge in [0.2, 0.25) is 0 Å². The molecule has 2 atom stereocenters. The van der Waals surface area contributed by atoms with Crippen molar-refractivity contribution in [3.05, 3.63) is 35.9 Å². The molecule has 0 N–H and O–H groups in total. The lowest BCUT2D eigenvalue weighted by Gasteiger charge is -2.34. The van der Waals surface area contributed by atoms with E-state index in [0.717, 1.165) is 44.7 Å². The van der Waals surface area contributed by atoms with E-state index in [0.29, 0.717) is 19.1 Å². The number of hydrogen-bond donors (Lipinski definition) is 0. The number of likely N-dealkylation sites (N-methyl/N-ethyl adjacent to an activating group) is 1. The first-order valence-corrected chi connectivity index (χ1v) is 10.2. The minimum Gasteiger partial charge on any atom is -0.458 e. The molecule has 1 fully saturated rings. The highest BCUT2D eigenvalue weighted by Gasteiger charge is 2.26. The van der Waals surface area contributed by atoms with Gasteiger partial charge < -0.3 is 14.4 Å². The smallest absolute Gasteiger partial charge is 0.313 e. The van der Waals surface area contributed by atoms with Crippen molar-refractivity contribution >= 4 is 5.97 Å². The Hall–Kier alpha value is -1.43. The molecule has 5 nitrogen and oxygen atoms in total. The van der Waals surface area contributed by atoms with E-state index in [1.165, 1.54) is 0 Å². The summed E-state index contributed by atoms with van der Waals surface area (Å²) in [6.07, 6.45) is 0.508. The number of carbonyl (C=O) groups excluding carboxylic acids is 1. The number of esters is 1. The Morgan fingerprint density at radius 3 is 2.33 bits per heavy atom. The highest BCUT2D eigenvalue weighted by Crippen LogP contribution is 2.22. The third-order valence-electron chi connectivity index (χ3n) is 4.99. The summed E-state index contributed by atoms with van der Waals surface area (Å²) < 4.78 is 11.8. The summed E-state index contributed by atoms with van der Waals surface area (Å²) in [7, 11) is 2.15. The fourth-order valence-electron chi connectivity index (χ4n) is 3.35. The first-order valence-electron chi connectivity index (χ1n) is 10.2. The number of rotatable bonds is 10. The van der Waals surface area contributed by atoms with Crippen LogP contribution in [-0.4, -0.2) is 74.9 Å². The molecular formula is C22H36N2O3. The first-order chi connectivity index (χ1) is 13.0. The van der Waals surface area contributed by atoms with Crippen LogP contribution in [0.15, 0.2) is 30.3 Å². The lowest BCUT2D eigenvalue weighted by atomic mass is 9.97. The van der Waals surface area contributed by atoms with Crippen LogP contribution >= 0.6 is 0 Å². The molecule has 0 aliphatic carbocycles. The Bertz CT molecular complexity index is 542. The standard InChI is InChI=1S/C22H36N2O3/c1-5-21(19-9-7-6-8-10-19)22(25)27-20(17-26-16-18(2)3)15-24-13-11-23(4)12-14-24/h6-10,18,20-21H,5,11-17H2,1-4H3. The molecule has 152 valence electrons. The van der Waals surface area contributed by atoms with Crippen LogP contribution in [0.3, 0.4) is 0 Å². The molecule has 1 saturated heterocycles. The predicted octanol–water partition coefficient (Wildman–Crippen LogP) is 3.01. The van der Waals surface area contributed by atoms with Gasteiger partial charge in [-0.15, -0.1) is 0 Å². The van der Waals surface area contributed by atoms with Gasteiger partial charge >= 0.3 is 5.97 Å². The SMILES string of the molecule is CCC(C(=O)OC(COCC(C)C)CN1CCN(C)CC1)c1ccccc1. The molecule has 2 unspecified atom stereocenters. The topological polar surface area (TPSA) is 42.0 Å². The van der Waals surface area contributed by atoms with Gasteiger partial charge in [0.1, 0.15) is 6.10 Å². The van der Waals surface area contributed by atoms with Gasteiger partial charge in [-0.1, -0.05) is 51.1 Å². The van der Waals surface area contributed by atoms with E-state index in [9.17, 15) is 4.79 Å². The molecule has 1 aromatic rings. The molecule has 1 aromatic carbocycles. The molecule has 5 heteroatoms. The van der Waals surface area contributed by atoms with Crippen LogP contribution < -0.4 is 0 Å². The lowest BCUT2D eigenvalue weighted by Crippen LogP contribution is -2.48. The second kappa shape index (κ2) is 11.4. The van der Waals surface area contributed by atoms with Crippen molar-refractivity contribution in [3.63, 3.8) is 0 Å². The quantitative estimate of drug-likeness (QED) is 0.587. The van der Waals surface area contributed by atoms with Crippen molar-refractivity contribution in [1.82, 2.24) is 9.80 Å². The van der Waals surface area contributed by atoms with Crippen molar-refractivity contribution in [1.29, 1.82) is 0 Å². The molecule has 0 spiro atoms. The van der Waals surface area contributed by atoms with E-state index in [2.05, 4.69) is 30.7 Å². The zero-order chi connectivity index (χ0) is 19.6. The minimum atomic E-state index is -0.225. The van der Waals surface area contributed by atoms with Crippen LogP contribution in [0.25, 0.3) is 0 Å². The second-order valence-electron chi connectivity index (χ2n) is 7.97. The van der Waals surface area contributed by atoms with E-state index in [4.69, 9.17) is 9.47 Å². The first kappa shape index (κ1) is 21.9. The van der Waals surface area contributed by atoms with Crippen LogP contribution in [0.5, 0.6) is 0 Å². The summed E-state index contributed by atoms with van der Waals surface area (Å²) in [6, 6.07) is 9.91. The summed E-state index contributed by atoms with van der Waals surface area (Å²) >= 11 is 0. The Morgan fingerprint density at radius 2 is 1.74 bits per heavy atom. The molecular weight excluding hydrogens is 340 g/mol. The van der Waals surface area contributed by atoms with E-state index in [-0.39, 0.29) is 18.0 Å². The van der Waals surface area contributed by atoms with Gasteiger partial charge in [0.05, 0.1) is 12.5 Å². The van der Waals surface area contributed by atoms with Gasteiger partial charge in [0, 0.05) is 39.3 Å². The summed E-state index contributed by atoms with van der Waals surface area (Å²) in [5.41, 5.74) is 1.02. The van der Waals surface area contributed by atoms with Crippen LogP contribution in [0, 0.1) is 5.92 Å². The summed E-state index contributed by atoms with van der Waals surface area (Å²) in [5, 5.41) is 0. The van der Waals surface area contributed by atoms with Crippen molar-refractivity contribution in [2.75, 3.05) is 53.0 Å². The summed E-state index contributed by atoms with van der Waals surface area (Å²) in [6.45, 7) is 12.3. The van der Waals surface area contributed by atoms with Crippen LogP contribution in [-0.2, 0) is 14.3 Å². The zero-order valence-electron chi connectivity index (χ0n) is 17.4. The monoisotopic (exact) mass is 376 g/mol. The third-order valence-corrected chi connectivity index (χ3v) is 4.99. The Kier molecular flexibility index (Phi) is 9.25. The normalized spacial score (nSPS) is 18.4. The number of piperazine rings is 1. The van der Waals surface area contributed by atoms with Crippen molar-refractivity contribution in [3.8, 4) is 0 Å². The van der Waals surface area contributed by atoms with Crippen LogP contribution in [0.2, 0.25) is 0 Å². The van der Waals surface area contributed by atoms with Gasteiger partial charge in [-0.05, 0) is 24.9 Å². The van der Waals surface area contributed by atoms with E-state index in [1.54, 1.807) is 0 Å². The van der Waals surface area contributed by atoms with Crippen molar-refractivity contribution < 1.29 is 14.3 Å². The van der Waals surface area contributed by atoms with Gasteiger partial charge in [0.15, 0.2) is 0 Å². The van der Waals surface area contributed by atoms with E-state index >= 15 is 0 Å². The molecule has 27 heavy (non-hydrogen) atoms. The molecule has 0 bridgehead atoms. The fourth-order valence-corrected chi connectivity index (χ4v) is 3.35. The Balaban J connectivity index is 1.97. The van der Waals surface area contributed by atoms with Gasteiger partial charge in [0.25, 0.3) is 0 Å². The molecule has 0 radical (unpaired) electrons. The van der Waals surface area contributed by atoms with E-state index in [1.807, 2.05) is 37.3 Å². The van der Waals surface area contributed by atoms with Crippen molar-refractivity contribution in [2.24, 2.45) is 5.92 Å². The molecule has 2 rings (SSSR count). The zero-order valence-corrected chi connectivity index (χ0v) is 17.4. The minimum absolute atomic E-state index is 0.143. The number of hydrogen-bond acceptors (Lipinski definition) is 5. The van der Waals surface area contributed by atoms with Crippen LogP contribution in [0.1, 0.15) is 38.7 Å². The van der Waals surface area contributed by atoms with Gasteiger partial charge in [-0.25, -0.2) is 0 Å². The van der Waals surface area contributed by atoms with Crippen molar-refractivity contribution in [2.45, 2.75) is 39.2 Å². The number of carbonyl (C=O) groups is 1. The maximum atomic E-state index is 12.9. The fraction of sp³-hybridized carbons (Fsp3) is 0.682. The Labute approximate surface area is 164 Å². The number of nitrogens with zero attached hydrogens (tertiary/aromatic N) is 2. The van der Waals surface area contributed by atoms with Crippen LogP contribution in [0.4, 0.5) is 0 Å². The van der Waals surface area contributed by atoms with E-state index < -0.39 is 0 Å². The lowest BCUT2D eigenvalue weighted by molar-refractivity contribution is -0.155. The molecule has 0 amide bonds. The number of ether oxygens (including phenoxy) is 2. The third kappa shape index (κ3) is 7.60. The molecule has 0 aromatic heterocycles. The average molecular weight is 377 g/mol. The second-order valence-corrected chi connectivity index (χ2v) is 7.97. The maximum Gasteiger partial charge on any atom is 0.313 e. The predicted molar refractivity (Wildman–Crippen MR) is 109 cm³/mol.